The van der Waals surface area contributed by atoms with E-state index in [1.165, 1.54) is 0 Å². The zero-order valence-electron chi connectivity index (χ0n) is 8.62. The summed E-state index contributed by atoms with van der Waals surface area (Å²) in [5.41, 5.74) is 0. The van der Waals surface area contributed by atoms with Crippen molar-refractivity contribution < 1.29 is 20.4 Å². The lowest BCUT2D eigenvalue weighted by Crippen LogP contribution is -1.25. The van der Waals surface area contributed by atoms with Crippen molar-refractivity contribution in [2.24, 2.45) is 0 Å². The lowest BCUT2D eigenvalue weighted by atomic mass is 11.8. The summed E-state index contributed by atoms with van der Waals surface area (Å²) in [6, 6.07) is 0. The van der Waals surface area contributed by atoms with Gasteiger partial charge in [-0.3, -0.25) is 0 Å². The second-order valence-electron chi connectivity index (χ2n) is 0. The molecule has 12 heavy (non-hydrogen) atoms. The first-order valence-electron chi connectivity index (χ1n) is 1.79. The number of rotatable bonds is 0. The van der Waals surface area contributed by atoms with E-state index in [0.717, 1.165) is 28.4 Å². The van der Waals surface area contributed by atoms with Gasteiger partial charge in [-0.2, -0.15) is 0 Å². The molecule has 0 aliphatic carbocycles. The molecule has 0 aromatic carbocycles. The summed E-state index contributed by atoms with van der Waals surface area (Å²) in [6.45, 7) is 0. The normalized spacial score (nSPS) is 2.00. The van der Waals surface area contributed by atoms with E-state index < -0.39 is 0 Å². The van der Waals surface area contributed by atoms with Gasteiger partial charge in [0.05, 0.1) is 0 Å². The lowest BCUT2D eigenvalue weighted by Gasteiger charge is -1.21. The summed E-state index contributed by atoms with van der Waals surface area (Å²) >= 11 is 0. The van der Waals surface area contributed by atoms with E-state index in [9.17, 15) is 0 Å². The van der Waals surface area contributed by atoms with Crippen LogP contribution in [0.15, 0.2) is 0 Å². The Morgan fingerprint density at radius 1 is 0.333 bits per heavy atom. The molecule has 0 rings (SSSR count). The number of hydrogen-bond acceptors (Lipinski definition) is 8. The highest BCUT2D eigenvalue weighted by Gasteiger charge is 0.845. The Hall–Kier alpha value is -0.320. The van der Waals surface area contributed by atoms with Crippen molar-refractivity contribution in [3.05, 3.63) is 0 Å². The molecule has 0 unspecified atom stereocenters. The van der Waals surface area contributed by atoms with Crippen molar-refractivity contribution in [3.8, 4) is 0 Å². The van der Waals surface area contributed by atoms with Gasteiger partial charge in [-0.25, -0.2) is 0 Å². The molecule has 88 valence electrons. The van der Waals surface area contributed by atoms with Crippen LogP contribution in [0.5, 0.6) is 0 Å². The van der Waals surface area contributed by atoms with Crippen LogP contribution >= 0.6 is 0 Å². The van der Waals surface area contributed by atoms with E-state index in [0.29, 0.717) is 0 Å². The molecule has 8 heteroatoms. The Morgan fingerprint density at radius 3 is 0.333 bits per heavy atom. The van der Waals surface area contributed by atoms with Crippen LogP contribution in [0.4, 0.5) is 0 Å². The van der Waals surface area contributed by atoms with Crippen LogP contribution in [-0.4, -0.2) is 48.9 Å². The molecule has 0 saturated carbocycles. The van der Waals surface area contributed by atoms with Crippen molar-refractivity contribution in [2.45, 2.75) is 0 Å². The molecule has 0 saturated heterocycles. The van der Waals surface area contributed by atoms with Gasteiger partial charge in [-0.05, 0) is 0 Å². The smallest absolute Gasteiger partial charge is 0.0319 e. The molecule has 0 radical (unpaired) electrons. The molecule has 0 aliphatic rings. The fourth-order valence-corrected chi connectivity index (χ4v) is 0. The molecule has 8 nitrogen and oxygen atoms in total. The molecule has 0 spiro atoms. The predicted octanol–water partition coefficient (Wildman–Crippen LogP) is -0.918. The number of aliphatic hydroxyl groups is 4. The molecule has 0 aromatic heterocycles. The summed E-state index contributed by atoms with van der Waals surface area (Å²) in [5.74, 6) is 0. The third kappa shape index (κ3) is 7120. The average Bonchev–Trinajstić information content (AvgIpc) is 2.03. The van der Waals surface area contributed by atoms with E-state index in [1.54, 1.807) is 0 Å². The van der Waals surface area contributed by atoms with Crippen molar-refractivity contribution >= 4 is 0 Å². The molecule has 0 bridgehead atoms. The van der Waals surface area contributed by atoms with Crippen LogP contribution in [0.2, 0.25) is 0 Å². The van der Waals surface area contributed by atoms with Crippen molar-refractivity contribution in [3.63, 3.8) is 0 Å². The first kappa shape index (κ1) is 98.4. The Balaban J connectivity index is -0.00000000267. The Bertz CT molecular complexity index is 19.0. The van der Waals surface area contributed by atoms with Gasteiger partial charge in [0.1, 0.15) is 0 Å². The van der Waals surface area contributed by atoms with Crippen molar-refractivity contribution in [1.29, 1.82) is 0 Å². The van der Waals surface area contributed by atoms with Gasteiger partial charge in [0.25, 0.3) is 0 Å². The van der Waals surface area contributed by atoms with E-state index in [4.69, 9.17) is 20.4 Å². The zero-order chi connectivity index (χ0) is 8.00. The van der Waals surface area contributed by atoms with E-state index >= 15 is 0 Å². The maximum absolute atomic E-state index is 7.00. The molecule has 0 fully saturated rings. The minimum atomic E-state index is 0. The molecular formula is C4H28N4O4. The lowest BCUT2D eigenvalue weighted by molar-refractivity contribution is 0.399. The molecule has 0 aromatic rings. The van der Waals surface area contributed by atoms with Gasteiger partial charge >= 0.3 is 0 Å². The molecule has 0 amide bonds. The fourth-order valence-electron chi connectivity index (χ4n) is 0. The second kappa shape index (κ2) is 9770. The van der Waals surface area contributed by atoms with Crippen LogP contribution in [0.3, 0.4) is 0 Å². The van der Waals surface area contributed by atoms with Crippen LogP contribution in [0, 0.1) is 0 Å². The van der Waals surface area contributed by atoms with Crippen LogP contribution in [0.1, 0.15) is 0 Å². The Morgan fingerprint density at radius 2 is 0.333 bits per heavy atom. The third-order valence-corrected chi connectivity index (χ3v) is 0. The summed E-state index contributed by atoms with van der Waals surface area (Å²) in [5, 5.41) is 28.0. The standard InChI is InChI=1S/4CH4O.4H3N/c4*1-2;;;;/h4*2H,1H3;4*1H3. The van der Waals surface area contributed by atoms with Gasteiger partial charge in [-0.1, -0.05) is 0 Å². The maximum Gasteiger partial charge on any atom is 0.0319 e. The first-order valence-corrected chi connectivity index (χ1v) is 1.79. The summed E-state index contributed by atoms with van der Waals surface area (Å²) in [6.07, 6.45) is 0. The van der Waals surface area contributed by atoms with Gasteiger partial charge in [0, 0.05) is 28.4 Å². The minimum absolute atomic E-state index is 0. The second-order valence-corrected chi connectivity index (χ2v) is 0. The van der Waals surface area contributed by atoms with E-state index in [1.807, 2.05) is 0 Å². The Labute approximate surface area is 74.6 Å². The zero-order valence-corrected chi connectivity index (χ0v) is 8.62. The van der Waals surface area contributed by atoms with E-state index in [2.05, 4.69) is 0 Å². The van der Waals surface area contributed by atoms with Crippen molar-refractivity contribution in [2.75, 3.05) is 28.4 Å². The molecule has 0 aliphatic heterocycles. The highest BCUT2D eigenvalue weighted by molar-refractivity contribution is 3.18. The highest BCUT2D eigenvalue weighted by atomic mass is 16.2. The monoisotopic (exact) mass is 196 g/mol. The fraction of sp³-hybridized carbons (Fsp3) is 1.00. The summed E-state index contributed by atoms with van der Waals surface area (Å²) in [4.78, 5) is 0. The summed E-state index contributed by atoms with van der Waals surface area (Å²) in [7, 11) is 4.00. The SMILES string of the molecule is CO.CO.CO.CO.N.N.N.N. The number of aliphatic hydroxyl groups excluding tert-OH is 4. The number of hydrogen-bond donors (Lipinski definition) is 8. The molecule has 0 atom stereocenters. The molecular weight excluding hydrogens is 168 g/mol. The quantitative estimate of drug-likeness (QED) is 0.241. The van der Waals surface area contributed by atoms with Gasteiger partial charge in [0.2, 0.25) is 0 Å². The average molecular weight is 196 g/mol. The van der Waals surface area contributed by atoms with Gasteiger partial charge in [-0.15, -0.1) is 0 Å². The third-order valence-electron chi connectivity index (χ3n) is 0. The first-order chi connectivity index (χ1) is 4.00. The molecule has 0 heterocycles. The maximum atomic E-state index is 7.00. The highest BCUT2D eigenvalue weighted by Crippen LogP contribution is 0.761. The van der Waals surface area contributed by atoms with Crippen LogP contribution in [0.25, 0.3) is 0 Å². The van der Waals surface area contributed by atoms with Crippen LogP contribution in [-0.2, 0) is 0 Å². The molecule has 16 N–H and O–H groups in total. The largest absolute Gasteiger partial charge is 0.400 e. The predicted molar refractivity (Wildman–Crippen MR) is 52.7 cm³/mol. The van der Waals surface area contributed by atoms with Gasteiger partial charge in [0.15, 0.2) is 0 Å². The van der Waals surface area contributed by atoms with Crippen LogP contribution < -0.4 is 24.6 Å². The Kier molecular flexibility index (Phi) is 80100. The van der Waals surface area contributed by atoms with Crippen molar-refractivity contribution in [1.82, 2.24) is 24.6 Å². The van der Waals surface area contributed by atoms with E-state index in [-0.39, 0.29) is 24.6 Å². The van der Waals surface area contributed by atoms with Gasteiger partial charge < -0.3 is 45.0 Å². The minimum Gasteiger partial charge on any atom is -0.400 e. The summed E-state index contributed by atoms with van der Waals surface area (Å²) < 4.78 is 0. The topological polar surface area (TPSA) is 221 Å².